The lowest BCUT2D eigenvalue weighted by Crippen LogP contribution is -2.45. The molecule has 2 heterocycles. The van der Waals surface area contributed by atoms with Crippen LogP contribution in [0, 0.1) is 6.92 Å². The lowest BCUT2D eigenvalue weighted by Gasteiger charge is -2.22. The number of aryl methyl sites for hydroxylation is 2. The number of benzene rings is 2. The molecule has 38 heavy (non-hydrogen) atoms. The van der Waals surface area contributed by atoms with Crippen molar-refractivity contribution < 1.29 is 27.2 Å². The number of carbonyl (C=O) groups excluding carboxylic acids is 2. The molecule has 1 unspecified atom stereocenters. The van der Waals surface area contributed by atoms with E-state index in [0.29, 0.717) is 12.2 Å². The zero-order valence-corrected chi connectivity index (χ0v) is 24.0. The van der Waals surface area contributed by atoms with Crippen molar-refractivity contribution in [3.63, 3.8) is 0 Å². The third-order valence-corrected chi connectivity index (χ3v) is 8.21. The first-order valence-electron chi connectivity index (χ1n) is 11.6. The molecule has 1 aromatic heterocycles. The highest BCUT2D eigenvalue weighted by molar-refractivity contribution is 9.10. The van der Waals surface area contributed by atoms with Crippen LogP contribution in [0.5, 0.6) is 0 Å². The first-order valence-corrected chi connectivity index (χ1v) is 14.2. The largest absolute Gasteiger partial charge is 0.486 e. The van der Waals surface area contributed by atoms with Crippen LogP contribution in [0.1, 0.15) is 24.6 Å². The molecule has 3 aromatic rings. The highest BCUT2D eigenvalue weighted by Crippen LogP contribution is 2.23. The molecular weight excluding hydrogens is 596 g/mol. The number of nitrogens with one attached hydrogen (secondary N) is 1. The van der Waals surface area contributed by atoms with Gasteiger partial charge < -0.3 is 14.7 Å². The Labute approximate surface area is 233 Å². The molecule has 0 saturated carbocycles. The third kappa shape index (κ3) is 5.87. The number of hydrogen-bond acceptors (Lipinski definition) is 6. The molecule has 1 N–H and O–H groups in total. The summed E-state index contributed by atoms with van der Waals surface area (Å²) >= 11 is 8.90. The summed E-state index contributed by atoms with van der Waals surface area (Å²) in [6.45, 7) is 3.88. The number of aromatic nitrogens is 2. The fourth-order valence-electron chi connectivity index (χ4n) is 3.90. The van der Waals surface area contributed by atoms with Crippen LogP contribution in [-0.4, -0.2) is 47.7 Å². The SMILES string of the molecule is CCN1C(=O)C(CC(=O)Nc2ccc(Br)cc2)N(Cc2/c(=N/S(=O)(=O)c3ccc(C)cc3)o[n-][n+]2C)C1=S. The molecule has 0 bridgehead atoms. The van der Waals surface area contributed by atoms with Crippen LogP contribution in [-0.2, 0) is 33.2 Å². The van der Waals surface area contributed by atoms with E-state index in [4.69, 9.17) is 16.7 Å². The normalized spacial score (nSPS) is 16.4. The average molecular weight is 622 g/mol. The van der Waals surface area contributed by atoms with Crippen molar-refractivity contribution in [2.75, 3.05) is 11.9 Å². The monoisotopic (exact) mass is 620 g/mol. The number of sulfonamides is 1. The van der Waals surface area contributed by atoms with Crippen LogP contribution in [0.3, 0.4) is 0 Å². The first kappa shape index (κ1) is 27.7. The highest BCUT2D eigenvalue weighted by atomic mass is 79.9. The minimum atomic E-state index is -4.10. The lowest BCUT2D eigenvalue weighted by atomic mass is 10.1. The molecule has 11 nitrogen and oxygen atoms in total. The highest BCUT2D eigenvalue weighted by Gasteiger charge is 2.44. The average Bonchev–Trinajstić information content (AvgIpc) is 3.31. The molecule has 0 spiro atoms. The van der Waals surface area contributed by atoms with Crippen LogP contribution >= 0.6 is 28.1 Å². The quantitative estimate of drug-likeness (QED) is 0.298. The standard InChI is InChI=1S/C24H25BrN6O5S2/c1-4-30-23(33)19(13-21(32)26-17-9-7-16(25)8-10-17)31(24(30)37)14-20-22(36-28-29(20)3)27-38(34,35)18-11-5-15(2)6-12-18/h5-12,19H,4,13-14H2,1-3H3,(H,26,32)/b27-22-. The van der Waals surface area contributed by atoms with Crippen LogP contribution < -0.4 is 20.8 Å². The lowest BCUT2D eigenvalue weighted by molar-refractivity contribution is -0.752. The van der Waals surface area contributed by atoms with Gasteiger partial charge in [0.15, 0.2) is 5.11 Å². The number of amides is 2. The number of thiocarbonyl (C=S) groups is 1. The van der Waals surface area contributed by atoms with E-state index >= 15 is 0 Å². The van der Waals surface area contributed by atoms with Crippen molar-refractivity contribution in [3.8, 4) is 0 Å². The van der Waals surface area contributed by atoms with Gasteiger partial charge in [0.2, 0.25) is 5.91 Å². The number of likely N-dealkylation sites (N-methyl/N-ethyl adjacent to an activating group) is 1. The van der Waals surface area contributed by atoms with Gasteiger partial charge in [-0.25, -0.2) is 4.68 Å². The van der Waals surface area contributed by atoms with Crippen molar-refractivity contribution in [1.82, 2.24) is 15.1 Å². The van der Waals surface area contributed by atoms with Gasteiger partial charge in [0.25, 0.3) is 27.2 Å². The molecule has 4 rings (SSSR count). The third-order valence-electron chi connectivity index (χ3n) is 5.96. The summed E-state index contributed by atoms with van der Waals surface area (Å²) in [6, 6.07) is 12.4. The second kappa shape index (κ2) is 11.2. The molecule has 0 radical (unpaired) electrons. The summed E-state index contributed by atoms with van der Waals surface area (Å²) in [7, 11) is -2.54. The molecule has 1 atom stereocenters. The molecule has 0 aliphatic carbocycles. The van der Waals surface area contributed by atoms with Crippen LogP contribution in [0.4, 0.5) is 5.69 Å². The smallest absolute Gasteiger partial charge is 0.289 e. The van der Waals surface area contributed by atoms with E-state index in [-0.39, 0.29) is 46.0 Å². The minimum Gasteiger partial charge on any atom is -0.486 e. The van der Waals surface area contributed by atoms with Gasteiger partial charge in [0.05, 0.1) is 11.3 Å². The van der Waals surface area contributed by atoms with Crippen molar-refractivity contribution >= 4 is 60.8 Å². The van der Waals surface area contributed by atoms with Crippen LogP contribution in [0.2, 0.25) is 0 Å². The molecule has 2 amide bonds. The van der Waals surface area contributed by atoms with E-state index in [2.05, 4.69) is 30.9 Å². The maximum Gasteiger partial charge on any atom is 0.289 e. The Morgan fingerprint density at radius 2 is 1.87 bits per heavy atom. The maximum absolute atomic E-state index is 13.2. The van der Waals surface area contributed by atoms with Crippen LogP contribution in [0.15, 0.2) is 66.8 Å². The number of rotatable bonds is 8. The topological polar surface area (TPSA) is 130 Å². The predicted octanol–water partition coefficient (Wildman–Crippen LogP) is 1.77. The Morgan fingerprint density at radius 3 is 2.50 bits per heavy atom. The maximum atomic E-state index is 13.2. The Kier molecular flexibility index (Phi) is 8.13. The molecule has 1 aliphatic rings. The molecule has 2 aromatic carbocycles. The molecule has 14 heteroatoms. The Morgan fingerprint density at radius 1 is 1.21 bits per heavy atom. The first-order chi connectivity index (χ1) is 18.0. The van der Waals surface area contributed by atoms with E-state index < -0.39 is 16.1 Å². The van der Waals surface area contributed by atoms with Gasteiger partial charge in [-0.2, -0.15) is 8.42 Å². The summed E-state index contributed by atoms with van der Waals surface area (Å²) in [5.41, 5.74) is 1.51. The number of hydrogen-bond donors (Lipinski definition) is 1. The van der Waals surface area contributed by atoms with Gasteiger partial charge in [-0.1, -0.05) is 33.6 Å². The molecule has 1 aliphatic heterocycles. The second-order valence-electron chi connectivity index (χ2n) is 8.60. The Bertz CT molecular complexity index is 1550. The second-order valence-corrected chi connectivity index (χ2v) is 11.5. The molecule has 200 valence electrons. The summed E-state index contributed by atoms with van der Waals surface area (Å²) < 4.78 is 37.1. The van der Waals surface area contributed by atoms with Crippen molar-refractivity contribution in [1.29, 1.82) is 0 Å². The molecule has 1 fully saturated rings. The van der Waals surface area contributed by atoms with E-state index in [1.807, 2.05) is 6.92 Å². The zero-order valence-electron chi connectivity index (χ0n) is 20.8. The predicted molar refractivity (Wildman–Crippen MR) is 144 cm³/mol. The summed E-state index contributed by atoms with van der Waals surface area (Å²) in [4.78, 5) is 29.0. The van der Waals surface area contributed by atoms with Crippen molar-refractivity contribution in [2.45, 2.75) is 37.8 Å². The fourth-order valence-corrected chi connectivity index (χ4v) is 5.51. The Hall–Kier alpha value is -3.36. The van der Waals surface area contributed by atoms with E-state index in [9.17, 15) is 18.0 Å². The van der Waals surface area contributed by atoms with E-state index in [1.165, 1.54) is 21.7 Å². The van der Waals surface area contributed by atoms with Gasteiger partial charge >= 0.3 is 0 Å². The van der Waals surface area contributed by atoms with Crippen molar-refractivity contribution in [2.24, 2.45) is 11.4 Å². The molecular formula is C24H25BrN6O5S2. The van der Waals surface area contributed by atoms with Gasteiger partial charge in [0.1, 0.15) is 19.6 Å². The number of carbonyl (C=O) groups is 2. The van der Waals surface area contributed by atoms with Crippen LogP contribution in [0.25, 0.3) is 0 Å². The number of halogens is 1. The fraction of sp³-hybridized carbons (Fsp3) is 0.292. The van der Waals surface area contributed by atoms with Crippen molar-refractivity contribution in [3.05, 3.63) is 69.8 Å². The van der Waals surface area contributed by atoms with Gasteiger partial charge in [-0.05, 0) is 62.5 Å². The van der Waals surface area contributed by atoms with E-state index in [1.54, 1.807) is 55.3 Å². The summed E-state index contributed by atoms with van der Waals surface area (Å²) in [5, 5.41) is 6.82. The zero-order chi connectivity index (χ0) is 27.6. The summed E-state index contributed by atoms with van der Waals surface area (Å²) in [5.74, 6) is -0.702. The summed E-state index contributed by atoms with van der Waals surface area (Å²) in [6.07, 6.45) is -0.172. The minimum absolute atomic E-state index is 0.000350. The van der Waals surface area contributed by atoms with E-state index in [0.717, 1.165) is 10.0 Å². The van der Waals surface area contributed by atoms with Gasteiger partial charge in [0, 0.05) is 16.7 Å². The van der Waals surface area contributed by atoms with Gasteiger partial charge in [-0.15, -0.1) is 4.40 Å². The molecule has 1 saturated heterocycles. The number of nitrogens with zero attached hydrogens (tertiary/aromatic N) is 5. The Balaban J connectivity index is 1.63. The van der Waals surface area contributed by atoms with Gasteiger partial charge in [-0.3, -0.25) is 19.8 Å². The number of anilines is 1.